The van der Waals surface area contributed by atoms with Crippen molar-refractivity contribution in [2.45, 2.75) is 45.5 Å². The third-order valence-electron chi connectivity index (χ3n) is 3.25. The van der Waals surface area contributed by atoms with Gasteiger partial charge in [-0.25, -0.2) is 4.39 Å². The molecule has 0 N–H and O–H groups in total. The van der Waals surface area contributed by atoms with Crippen LogP contribution in [0.4, 0.5) is 4.39 Å². The highest BCUT2D eigenvalue weighted by Gasteiger charge is 2.37. The number of pyridine rings is 1. The third kappa shape index (κ3) is 3.12. The molecule has 0 bridgehead atoms. The summed E-state index contributed by atoms with van der Waals surface area (Å²) in [6, 6.07) is 1.67. The lowest BCUT2D eigenvalue weighted by atomic mass is 10.2. The largest absolute Gasteiger partial charge is 0.412 e. The number of halogens is 1. The van der Waals surface area contributed by atoms with Crippen molar-refractivity contribution in [2.75, 3.05) is 0 Å². The van der Waals surface area contributed by atoms with Crippen LogP contribution in [0.1, 0.15) is 26.3 Å². The maximum Gasteiger partial charge on any atom is 0.192 e. The summed E-state index contributed by atoms with van der Waals surface area (Å²) in [5, 5.41) is 0.149. The SMILES string of the molecule is CC(C)(C)[Si](C)(C)OCc1ccncc1F. The first-order valence-corrected chi connectivity index (χ1v) is 8.37. The first kappa shape index (κ1) is 13.3. The van der Waals surface area contributed by atoms with Crippen LogP contribution < -0.4 is 0 Å². The van der Waals surface area contributed by atoms with Gasteiger partial charge >= 0.3 is 0 Å². The first-order valence-electron chi connectivity index (χ1n) is 5.46. The second-order valence-electron chi connectivity index (χ2n) is 5.52. The molecule has 0 aliphatic rings. The molecule has 0 aliphatic heterocycles. The van der Waals surface area contributed by atoms with Gasteiger partial charge in [0.2, 0.25) is 0 Å². The molecule has 1 aromatic heterocycles. The minimum atomic E-state index is -1.80. The molecule has 0 saturated heterocycles. The maximum absolute atomic E-state index is 13.3. The Morgan fingerprint density at radius 2 is 2.00 bits per heavy atom. The molecular weight excluding hydrogens is 221 g/mol. The van der Waals surface area contributed by atoms with Crippen LogP contribution in [0.15, 0.2) is 18.5 Å². The van der Waals surface area contributed by atoms with Gasteiger partial charge in [-0.1, -0.05) is 20.8 Å². The van der Waals surface area contributed by atoms with E-state index in [1.165, 1.54) is 6.20 Å². The molecule has 2 nitrogen and oxygen atoms in total. The van der Waals surface area contributed by atoms with Gasteiger partial charge in [0.15, 0.2) is 8.32 Å². The van der Waals surface area contributed by atoms with Gasteiger partial charge in [-0.2, -0.15) is 0 Å². The van der Waals surface area contributed by atoms with Crippen LogP contribution in [0.3, 0.4) is 0 Å². The second-order valence-corrected chi connectivity index (χ2v) is 10.3. The number of nitrogens with zero attached hydrogens (tertiary/aromatic N) is 1. The van der Waals surface area contributed by atoms with E-state index < -0.39 is 8.32 Å². The molecule has 0 aromatic carbocycles. The average Bonchev–Trinajstić information content (AvgIpc) is 2.15. The van der Waals surface area contributed by atoms with E-state index in [0.717, 1.165) is 0 Å². The molecule has 1 heterocycles. The van der Waals surface area contributed by atoms with E-state index in [1.807, 2.05) is 0 Å². The zero-order valence-electron chi connectivity index (χ0n) is 10.7. The molecule has 1 aromatic rings. The molecule has 0 fully saturated rings. The Morgan fingerprint density at radius 1 is 1.38 bits per heavy atom. The van der Waals surface area contributed by atoms with Crippen LogP contribution in [0.5, 0.6) is 0 Å². The Kier molecular flexibility index (Phi) is 3.86. The van der Waals surface area contributed by atoms with Gasteiger partial charge in [0.1, 0.15) is 5.82 Å². The van der Waals surface area contributed by atoms with Crippen LogP contribution in [-0.4, -0.2) is 13.3 Å². The Bertz CT molecular complexity index is 360. The number of hydrogen-bond acceptors (Lipinski definition) is 2. The topological polar surface area (TPSA) is 22.1 Å². The summed E-state index contributed by atoms with van der Waals surface area (Å²) < 4.78 is 19.3. The van der Waals surface area contributed by atoms with Gasteiger partial charge < -0.3 is 4.43 Å². The average molecular weight is 241 g/mol. The highest BCUT2D eigenvalue weighted by atomic mass is 28.4. The molecular formula is C12H20FNOSi. The van der Waals surface area contributed by atoms with E-state index >= 15 is 0 Å². The Labute approximate surface area is 98.0 Å². The van der Waals surface area contributed by atoms with Crippen molar-refractivity contribution >= 4 is 8.32 Å². The van der Waals surface area contributed by atoms with Gasteiger partial charge in [0, 0.05) is 11.8 Å². The fourth-order valence-corrected chi connectivity index (χ4v) is 1.95. The fraction of sp³-hybridized carbons (Fsp3) is 0.583. The molecule has 0 aliphatic carbocycles. The van der Waals surface area contributed by atoms with E-state index in [9.17, 15) is 4.39 Å². The second kappa shape index (κ2) is 4.63. The molecule has 1 rings (SSSR count). The zero-order valence-corrected chi connectivity index (χ0v) is 11.7. The van der Waals surface area contributed by atoms with Crippen LogP contribution in [0, 0.1) is 5.82 Å². The number of aromatic nitrogens is 1. The molecule has 0 amide bonds. The molecule has 0 spiro atoms. The summed E-state index contributed by atoms with van der Waals surface area (Å²) in [6.07, 6.45) is 2.82. The highest BCUT2D eigenvalue weighted by Crippen LogP contribution is 2.37. The highest BCUT2D eigenvalue weighted by molar-refractivity contribution is 6.74. The molecule has 16 heavy (non-hydrogen) atoms. The first-order chi connectivity index (χ1) is 7.24. The molecule has 0 atom stereocenters. The lowest BCUT2D eigenvalue weighted by molar-refractivity contribution is 0.271. The normalized spacial score (nSPS) is 12.9. The lowest BCUT2D eigenvalue weighted by Gasteiger charge is -2.36. The van der Waals surface area contributed by atoms with Crippen LogP contribution in [0.25, 0.3) is 0 Å². The van der Waals surface area contributed by atoms with E-state index in [4.69, 9.17) is 4.43 Å². The molecule has 0 radical (unpaired) electrons. The van der Waals surface area contributed by atoms with Gasteiger partial charge in [-0.05, 0) is 24.2 Å². The smallest absolute Gasteiger partial charge is 0.192 e. The molecule has 90 valence electrons. The van der Waals surface area contributed by atoms with Crippen molar-refractivity contribution in [1.82, 2.24) is 4.98 Å². The standard InChI is InChI=1S/C12H20FNOSi/c1-12(2,3)16(4,5)15-9-10-6-7-14-8-11(10)13/h6-8H,9H2,1-5H3. The summed E-state index contributed by atoms with van der Waals surface area (Å²) in [7, 11) is -1.80. The summed E-state index contributed by atoms with van der Waals surface area (Å²) in [4.78, 5) is 3.72. The Morgan fingerprint density at radius 3 is 2.50 bits per heavy atom. The summed E-state index contributed by atoms with van der Waals surface area (Å²) >= 11 is 0. The Balaban J connectivity index is 2.69. The predicted molar refractivity (Wildman–Crippen MR) is 66.2 cm³/mol. The number of hydrogen-bond donors (Lipinski definition) is 0. The quantitative estimate of drug-likeness (QED) is 0.752. The maximum atomic E-state index is 13.3. The van der Waals surface area contributed by atoms with Gasteiger partial charge in [-0.3, -0.25) is 4.98 Å². The van der Waals surface area contributed by atoms with Crippen LogP contribution in [-0.2, 0) is 11.0 Å². The van der Waals surface area contributed by atoms with Crippen molar-refractivity contribution in [3.05, 3.63) is 29.8 Å². The van der Waals surface area contributed by atoms with E-state index in [1.54, 1.807) is 12.3 Å². The third-order valence-corrected chi connectivity index (χ3v) is 7.73. The minimum Gasteiger partial charge on any atom is -0.412 e. The van der Waals surface area contributed by atoms with Gasteiger partial charge in [-0.15, -0.1) is 0 Å². The molecule has 0 unspecified atom stereocenters. The van der Waals surface area contributed by atoms with Crippen molar-refractivity contribution in [2.24, 2.45) is 0 Å². The Hall–Kier alpha value is -0.743. The zero-order chi connectivity index (χ0) is 12.4. The summed E-state index contributed by atoms with van der Waals surface area (Å²) in [6.45, 7) is 11.2. The predicted octanol–water partition coefficient (Wildman–Crippen LogP) is 3.74. The van der Waals surface area contributed by atoms with Crippen LogP contribution >= 0.6 is 0 Å². The molecule has 4 heteroatoms. The van der Waals surface area contributed by atoms with Gasteiger partial charge in [0.05, 0.1) is 12.8 Å². The van der Waals surface area contributed by atoms with E-state index in [2.05, 4.69) is 38.8 Å². The van der Waals surface area contributed by atoms with Crippen molar-refractivity contribution < 1.29 is 8.82 Å². The van der Waals surface area contributed by atoms with Crippen LogP contribution in [0.2, 0.25) is 18.1 Å². The van der Waals surface area contributed by atoms with E-state index in [-0.39, 0.29) is 10.9 Å². The van der Waals surface area contributed by atoms with Gasteiger partial charge in [0.25, 0.3) is 0 Å². The fourth-order valence-electron chi connectivity index (χ4n) is 0.996. The molecule has 0 saturated carbocycles. The number of rotatable bonds is 3. The summed E-state index contributed by atoms with van der Waals surface area (Å²) in [5.74, 6) is -0.291. The minimum absolute atomic E-state index is 0.149. The van der Waals surface area contributed by atoms with Crippen molar-refractivity contribution in [1.29, 1.82) is 0 Å². The van der Waals surface area contributed by atoms with E-state index in [0.29, 0.717) is 12.2 Å². The lowest BCUT2D eigenvalue weighted by Crippen LogP contribution is -2.40. The monoisotopic (exact) mass is 241 g/mol. The summed E-state index contributed by atoms with van der Waals surface area (Å²) in [5.41, 5.74) is 0.583. The van der Waals surface area contributed by atoms with Crippen molar-refractivity contribution in [3.8, 4) is 0 Å². The van der Waals surface area contributed by atoms with Crippen molar-refractivity contribution in [3.63, 3.8) is 0 Å².